The summed E-state index contributed by atoms with van der Waals surface area (Å²) >= 11 is 15.2. The van der Waals surface area contributed by atoms with Crippen molar-refractivity contribution in [2.24, 2.45) is 0 Å². The quantitative estimate of drug-likeness (QED) is 0.720. The smallest absolute Gasteiger partial charge is 0.162 e. The Balaban J connectivity index is 2.07. The Labute approximate surface area is 127 Å². The van der Waals surface area contributed by atoms with E-state index >= 15 is 0 Å². The lowest BCUT2D eigenvalue weighted by atomic mass is 10.2. The van der Waals surface area contributed by atoms with Crippen LogP contribution in [0.5, 0.6) is 11.5 Å². The van der Waals surface area contributed by atoms with Crippen molar-refractivity contribution in [3.63, 3.8) is 0 Å². The molecule has 3 rings (SSSR count). The Morgan fingerprint density at radius 1 is 1.00 bits per heavy atom. The van der Waals surface area contributed by atoms with Crippen LogP contribution in [0.25, 0.3) is 11.4 Å². The molecule has 0 atom stereocenters. The summed E-state index contributed by atoms with van der Waals surface area (Å²) in [5.74, 6) is 1.82. The minimum Gasteiger partial charge on any atom is -0.486 e. The molecule has 0 unspecified atom stereocenters. The molecule has 0 fully saturated rings. The van der Waals surface area contributed by atoms with Crippen molar-refractivity contribution in [3.8, 4) is 22.9 Å². The first kappa shape index (κ1) is 13.0. The van der Waals surface area contributed by atoms with Crippen molar-refractivity contribution < 1.29 is 9.47 Å². The average molecular weight is 362 g/mol. The summed E-state index contributed by atoms with van der Waals surface area (Å²) in [7, 11) is 0. The van der Waals surface area contributed by atoms with E-state index in [1.54, 1.807) is 0 Å². The molecule has 0 saturated heterocycles. The number of hydrogen-bond acceptors (Lipinski definition) is 4. The third-order valence-corrected chi connectivity index (χ3v) is 4.33. The summed E-state index contributed by atoms with van der Waals surface area (Å²) in [6.45, 7) is 1.08. The van der Waals surface area contributed by atoms with Crippen LogP contribution in [0.3, 0.4) is 0 Å². The zero-order valence-electron chi connectivity index (χ0n) is 9.49. The molecule has 2 heterocycles. The van der Waals surface area contributed by atoms with E-state index in [-0.39, 0.29) is 10.3 Å². The van der Waals surface area contributed by atoms with E-state index < -0.39 is 0 Å². The molecular weight excluding hydrogens is 355 g/mol. The monoisotopic (exact) mass is 360 g/mol. The maximum atomic E-state index is 5.97. The average Bonchev–Trinajstić information content (AvgIpc) is 2.43. The van der Waals surface area contributed by atoms with Crippen LogP contribution in [0.1, 0.15) is 0 Å². The van der Waals surface area contributed by atoms with Gasteiger partial charge in [0.05, 0.1) is 4.47 Å². The molecule has 0 radical (unpaired) electrons. The van der Waals surface area contributed by atoms with Crippen LogP contribution in [0.4, 0.5) is 0 Å². The Morgan fingerprint density at radius 2 is 1.63 bits per heavy atom. The van der Waals surface area contributed by atoms with Gasteiger partial charge < -0.3 is 9.47 Å². The minimum absolute atomic E-state index is 0.268. The largest absolute Gasteiger partial charge is 0.486 e. The summed E-state index contributed by atoms with van der Waals surface area (Å²) < 4.78 is 11.5. The molecule has 1 aromatic carbocycles. The van der Waals surface area contributed by atoms with E-state index in [1.807, 2.05) is 18.2 Å². The fourth-order valence-corrected chi connectivity index (χ4v) is 2.27. The molecule has 0 aliphatic carbocycles. The molecule has 19 heavy (non-hydrogen) atoms. The molecule has 1 aromatic heterocycles. The van der Waals surface area contributed by atoms with Gasteiger partial charge in [0.1, 0.15) is 23.5 Å². The maximum absolute atomic E-state index is 5.97. The third-order valence-electron chi connectivity index (χ3n) is 2.57. The van der Waals surface area contributed by atoms with E-state index in [4.69, 9.17) is 32.7 Å². The van der Waals surface area contributed by atoms with Crippen LogP contribution in [0.2, 0.25) is 10.3 Å². The summed E-state index contributed by atoms with van der Waals surface area (Å²) in [5.41, 5.74) is 0.764. The maximum Gasteiger partial charge on any atom is 0.162 e. The molecule has 0 N–H and O–H groups in total. The zero-order valence-corrected chi connectivity index (χ0v) is 12.6. The number of rotatable bonds is 1. The highest BCUT2D eigenvalue weighted by Crippen LogP contribution is 2.35. The molecular formula is C12H7BrCl2N2O2. The lowest BCUT2D eigenvalue weighted by molar-refractivity contribution is 0.171. The molecule has 4 nitrogen and oxygen atoms in total. The summed E-state index contributed by atoms with van der Waals surface area (Å²) in [4.78, 5) is 8.36. The molecule has 0 bridgehead atoms. The van der Waals surface area contributed by atoms with Crippen LogP contribution in [0, 0.1) is 0 Å². The van der Waals surface area contributed by atoms with Crippen LogP contribution < -0.4 is 9.47 Å². The van der Waals surface area contributed by atoms with Gasteiger partial charge in [0.25, 0.3) is 0 Å². The fourth-order valence-electron chi connectivity index (χ4n) is 1.71. The summed E-state index contributed by atoms with van der Waals surface area (Å²) in [6, 6.07) is 5.46. The van der Waals surface area contributed by atoms with Crippen molar-refractivity contribution in [2.75, 3.05) is 13.2 Å². The Kier molecular flexibility index (Phi) is 3.52. The number of nitrogens with zero attached hydrogens (tertiary/aromatic N) is 2. The van der Waals surface area contributed by atoms with Gasteiger partial charge in [-0.05, 0) is 34.1 Å². The third kappa shape index (κ3) is 2.50. The van der Waals surface area contributed by atoms with Crippen molar-refractivity contribution in [2.45, 2.75) is 0 Å². The summed E-state index contributed by atoms with van der Waals surface area (Å²) in [5, 5.41) is 0.537. The predicted molar refractivity (Wildman–Crippen MR) is 76.2 cm³/mol. The van der Waals surface area contributed by atoms with Gasteiger partial charge in [0.2, 0.25) is 0 Å². The van der Waals surface area contributed by atoms with E-state index in [2.05, 4.69) is 25.9 Å². The van der Waals surface area contributed by atoms with Gasteiger partial charge in [-0.25, -0.2) is 9.97 Å². The van der Waals surface area contributed by atoms with Crippen LogP contribution in [0.15, 0.2) is 22.7 Å². The zero-order chi connectivity index (χ0) is 13.4. The first-order valence-corrected chi connectivity index (χ1v) is 6.98. The van der Waals surface area contributed by atoms with Crippen LogP contribution in [-0.2, 0) is 0 Å². The van der Waals surface area contributed by atoms with Crippen LogP contribution >= 0.6 is 39.1 Å². The fraction of sp³-hybridized carbons (Fsp3) is 0.167. The number of hydrogen-bond donors (Lipinski definition) is 0. The topological polar surface area (TPSA) is 44.2 Å². The number of halogens is 3. The lowest BCUT2D eigenvalue weighted by Crippen LogP contribution is -2.15. The molecule has 7 heteroatoms. The second kappa shape index (κ2) is 5.15. The van der Waals surface area contributed by atoms with Gasteiger partial charge in [0, 0.05) is 5.56 Å². The van der Waals surface area contributed by atoms with Gasteiger partial charge in [0.15, 0.2) is 17.3 Å². The normalized spacial score (nSPS) is 13.4. The van der Waals surface area contributed by atoms with Gasteiger partial charge in [-0.15, -0.1) is 0 Å². The molecule has 0 saturated carbocycles. The molecule has 0 amide bonds. The van der Waals surface area contributed by atoms with Crippen LogP contribution in [-0.4, -0.2) is 23.2 Å². The Morgan fingerprint density at radius 3 is 2.32 bits per heavy atom. The molecule has 2 aromatic rings. The van der Waals surface area contributed by atoms with E-state index in [1.165, 1.54) is 0 Å². The number of aromatic nitrogens is 2. The molecule has 1 aliphatic rings. The Hall–Kier alpha value is -1.04. The molecule has 98 valence electrons. The highest BCUT2D eigenvalue weighted by Gasteiger charge is 2.15. The second-order valence-corrected chi connectivity index (χ2v) is 5.31. The first-order chi connectivity index (χ1) is 9.15. The number of fused-ring (bicyclic) bond motifs is 1. The van der Waals surface area contributed by atoms with Gasteiger partial charge >= 0.3 is 0 Å². The summed E-state index contributed by atoms with van der Waals surface area (Å²) in [6.07, 6.45) is 0. The highest BCUT2D eigenvalue weighted by atomic mass is 79.9. The highest BCUT2D eigenvalue weighted by molar-refractivity contribution is 9.10. The van der Waals surface area contributed by atoms with Crippen molar-refractivity contribution >= 4 is 39.1 Å². The SMILES string of the molecule is Clc1nc(-c2ccc3c(c2)OCCO3)nc(Cl)c1Br. The molecule has 1 aliphatic heterocycles. The number of benzene rings is 1. The van der Waals surface area contributed by atoms with Crippen molar-refractivity contribution in [3.05, 3.63) is 33.0 Å². The van der Waals surface area contributed by atoms with Gasteiger partial charge in [-0.1, -0.05) is 23.2 Å². The number of ether oxygens (including phenoxy) is 2. The first-order valence-electron chi connectivity index (χ1n) is 5.44. The lowest BCUT2D eigenvalue weighted by Gasteiger charge is -2.18. The van der Waals surface area contributed by atoms with E-state index in [0.717, 1.165) is 5.56 Å². The van der Waals surface area contributed by atoms with E-state index in [0.29, 0.717) is 35.0 Å². The standard InChI is InChI=1S/C12H7BrCl2N2O2/c13-9-10(14)16-12(17-11(9)15)6-1-2-7-8(5-6)19-4-3-18-7/h1-2,5H,3-4H2. The van der Waals surface area contributed by atoms with Crippen molar-refractivity contribution in [1.82, 2.24) is 9.97 Å². The molecule has 0 spiro atoms. The second-order valence-electron chi connectivity index (χ2n) is 3.80. The minimum atomic E-state index is 0.268. The van der Waals surface area contributed by atoms with Gasteiger partial charge in [-0.3, -0.25) is 0 Å². The predicted octanol–water partition coefficient (Wildman–Crippen LogP) is 3.98. The van der Waals surface area contributed by atoms with Gasteiger partial charge in [-0.2, -0.15) is 0 Å². The Bertz CT molecular complexity index is 629. The van der Waals surface area contributed by atoms with Crippen molar-refractivity contribution in [1.29, 1.82) is 0 Å². The van der Waals surface area contributed by atoms with E-state index in [9.17, 15) is 0 Å².